The molecule has 2 aromatic rings. The van der Waals surface area contributed by atoms with Crippen molar-refractivity contribution in [1.82, 2.24) is 9.62 Å². The molecule has 0 aliphatic carbocycles. The second-order valence-electron chi connectivity index (χ2n) is 9.29. The number of nitrogens with zero attached hydrogens (tertiary/aromatic N) is 1. The zero-order valence-corrected chi connectivity index (χ0v) is 20.1. The molecular formula is C25H34N2O4S. The van der Waals surface area contributed by atoms with Crippen LogP contribution in [0.25, 0.3) is 0 Å². The fraction of sp³-hybridized carbons (Fsp3) is 0.480. The molecule has 0 saturated carbocycles. The van der Waals surface area contributed by atoms with Gasteiger partial charge >= 0.3 is 0 Å². The van der Waals surface area contributed by atoms with Gasteiger partial charge in [-0.05, 0) is 53.6 Å². The fourth-order valence-electron chi connectivity index (χ4n) is 3.68. The van der Waals surface area contributed by atoms with Gasteiger partial charge in [0.1, 0.15) is 12.4 Å². The largest absolute Gasteiger partial charge is 0.492 e. The fourth-order valence-corrected chi connectivity index (χ4v) is 5.29. The Hall–Kier alpha value is -2.38. The lowest BCUT2D eigenvalue weighted by Gasteiger charge is -2.25. The highest BCUT2D eigenvalue weighted by Crippen LogP contribution is 2.24. The summed E-state index contributed by atoms with van der Waals surface area (Å²) in [6, 6.07) is 14.8. The van der Waals surface area contributed by atoms with E-state index in [1.54, 1.807) is 28.6 Å². The lowest BCUT2D eigenvalue weighted by Crippen LogP contribution is -2.36. The molecule has 3 rings (SSSR count). The second-order valence-corrected chi connectivity index (χ2v) is 11.3. The van der Waals surface area contributed by atoms with E-state index < -0.39 is 10.0 Å². The van der Waals surface area contributed by atoms with Gasteiger partial charge in [-0.1, -0.05) is 51.5 Å². The van der Waals surface area contributed by atoms with Crippen molar-refractivity contribution < 1.29 is 17.9 Å². The van der Waals surface area contributed by atoms with E-state index in [9.17, 15) is 13.2 Å². The first-order valence-corrected chi connectivity index (χ1v) is 12.8. The predicted octanol–water partition coefficient (Wildman–Crippen LogP) is 4.11. The number of rotatable bonds is 8. The molecule has 6 nitrogen and oxygen atoms in total. The molecular weight excluding hydrogens is 424 g/mol. The number of hydrogen-bond donors (Lipinski definition) is 1. The summed E-state index contributed by atoms with van der Waals surface area (Å²) < 4.78 is 32.4. The number of carbonyl (C=O) groups excluding carboxylic acids is 1. The molecule has 1 heterocycles. The number of nitrogens with one attached hydrogen (secondary N) is 1. The summed E-state index contributed by atoms with van der Waals surface area (Å²) in [7, 11) is -3.31. The van der Waals surface area contributed by atoms with Crippen LogP contribution >= 0.6 is 0 Å². The van der Waals surface area contributed by atoms with Crippen molar-refractivity contribution in [3.63, 3.8) is 0 Å². The van der Waals surface area contributed by atoms with Crippen LogP contribution in [-0.4, -0.2) is 44.9 Å². The van der Waals surface area contributed by atoms with Crippen molar-refractivity contribution in [3.05, 3.63) is 65.2 Å². The Balaban J connectivity index is 1.44. The highest BCUT2D eigenvalue weighted by molar-refractivity contribution is 7.88. The lowest BCUT2D eigenvalue weighted by molar-refractivity contribution is 0.0947. The minimum absolute atomic E-state index is 0.0310. The van der Waals surface area contributed by atoms with E-state index in [4.69, 9.17) is 4.74 Å². The van der Waals surface area contributed by atoms with E-state index in [1.165, 1.54) is 5.56 Å². The van der Waals surface area contributed by atoms with Gasteiger partial charge in [0.05, 0.1) is 12.3 Å². The predicted molar refractivity (Wildman–Crippen MR) is 127 cm³/mol. The Morgan fingerprint density at radius 2 is 1.59 bits per heavy atom. The SMILES string of the molecule is CC(C)(C)c1ccc(OCCNC(=O)c2ccc(CS(=O)(=O)N3CCCCC3)cc2)cc1. The summed E-state index contributed by atoms with van der Waals surface area (Å²) in [6.07, 6.45) is 2.93. The van der Waals surface area contributed by atoms with Crippen molar-refractivity contribution in [2.24, 2.45) is 0 Å². The molecule has 174 valence electrons. The minimum atomic E-state index is -3.31. The molecule has 0 spiro atoms. The van der Waals surface area contributed by atoms with Gasteiger partial charge in [-0.3, -0.25) is 4.79 Å². The van der Waals surface area contributed by atoms with Crippen LogP contribution in [0.4, 0.5) is 0 Å². The number of hydrogen-bond acceptors (Lipinski definition) is 4. The van der Waals surface area contributed by atoms with Crippen molar-refractivity contribution in [2.45, 2.75) is 51.2 Å². The Morgan fingerprint density at radius 3 is 2.19 bits per heavy atom. The number of carbonyl (C=O) groups is 1. The number of sulfonamides is 1. The van der Waals surface area contributed by atoms with Gasteiger partial charge in [0.25, 0.3) is 5.91 Å². The standard InChI is InChI=1S/C25H34N2O4S/c1-25(2,3)22-11-13-23(14-12-22)31-18-15-26-24(28)21-9-7-20(8-10-21)19-32(29,30)27-16-5-4-6-17-27/h7-14H,4-6,15-19H2,1-3H3,(H,26,28). The molecule has 1 saturated heterocycles. The van der Waals surface area contributed by atoms with Crippen molar-refractivity contribution in [3.8, 4) is 5.75 Å². The quantitative estimate of drug-likeness (QED) is 0.604. The molecule has 32 heavy (non-hydrogen) atoms. The average molecular weight is 459 g/mol. The Bertz CT molecular complexity index is 988. The monoisotopic (exact) mass is 458 g/mol. The maximum atomic E-state index is 12.6. The van der Waals surface area contributed by atoms with Crippen LogP contribution in [-0.2, 0) is 21.2 Å². The molecule has 0 unspecified atom stereocenters. The zero-order chi connectivity index (χ0) is 23.2. The van der Waals surface area contributed by atoms with Gasteiger partial charge in [-0.15, -0.1) is 0 Å². The number of benzene rings is 2. The Morgan fingerprint density at radius 1 is 0.969 bits per heavy atom. The van der Waals surface area contributed by atoms with E-state index in [0.717, 1.165) is 25.0 Å². The molecule has 7 heteroatoms. The summed E-state index contributed by atoms with van der Waals surface area (Å²) in [5, 5.41) is 2.83. The van der Waals surface area contributed by atoms with Gasteiger partial charge in [-0.2, -0.15) is 0 Å². The van der Waals surface area contributed by atoms with Crippen LogP contribution < -0.4 is 10.1 Å². The first kappa shape index (κ1) is 24.3. The molecule has 0 bridgehead atoms. The van der Waals surface area contributed by atoms with E-state index in [0.29, 0.717) is 37.4 Å². The zero-order valence-electron chi connectivity index (χ0n) is 19.3. The van der Waals surface area contributed by atoms with Crippen LogP contribution in [0, 0.1) is 0 Å². The highest BCUT2D eigenvalue weighted by atomic mass is 32.2. The number of ether oxygens (including phenoxy) is 1. The first-order valence-electron chi connectivity index (χ1n) is 11.2. The minimum Gasteiger partial charge on any atom is -0.492 e. The third-order valence-electron chi connectivity index (χ3n) is 5.65. The van der Waals surface area contributed by atoms with Gasteiger partial charge in [-0.25, -0.2) is 12.7 Å². The maximum Gasteiger partial charge on any atom is 0.251 e. The summed E-state index contributed by atoms with van der Waals surface area (Å²) >= 11 is 0. The molecule has 1 fully saturated rings. The van der Waals surface area contributed by atoms with Crippen LogP contribution in [0.5, 0.6) is 5.75 Å². The molecule has 0 radical (unpaired) electrons. The van der Waals surface area contributed by atoms with E-state index in [-0.39, 0.29) is 17.1 Å². The maximum absolute atomic E-state index is 12.6. The van der Waals surface area contributed by atoms with Crippen LogP contribution in [0.2, 0.25) is 0 Å². The molecule has 1 amide bonds. The van der Waals surface area contributed by atoms with E-state index in [1.807, 2.05) is 12.1 Å². The highest BCUT2D eigenvalue weighted by Gasteiger charge is 2.24. The van der Waals surface area contributed by atoms with Gasteiger partial charge in [0.15, 0.2) is 0 Å². The van der Waals surface area contributed by atoms with Crippen molar-refractivity contribution >= 4 is 15.9 Å². The normalized spacial score (nSPS) is 15.3. The summed E-state index contributed by atoms with van der Waals surface area (Å²) in [5.41, 5.74) is 2.53. The van der Waals surface area contributed by atoms with Crippen molar-refractivity contribution in [1.29, 1.82) is 0 Å². The van der Waals surface area contributed by atoms with Crippen LogP contribution in [0.3, 0.4) is 0 Å². The summed E-state index contributed by atoms with van der Waals surface area (Å²) in [4.78, 5) is 12.4. The molecule has 0 aromatic heterocycles. The Kier molecular flexibility index (Phi) is 7.96. The average Bonchev–Trinajstić information content (AvgIpc) is 2.77. The molecule has 1 N–H and O–H groups in total. The lowest BCUT2D eigenvalue weighted by atomic mass is 9.87. The van der Waals surface area contributed by atoms with Gasteiger partial charge < -0.3 is 10.1 Å². The first-order chi connectivity index (χ1) is 15.1. The summed E-state index contributed by atoms with van der Waals surface area (Å²) in [5.74, 6) is 0.533. The Labute approximate surface area is 192 Å². The van der Waals surface area contributed by atoms with E-state index in [2.05, 4.69) is 38.2 Å². The molecule has 1 aliphatic heterocycles. The van der Waals surface area contributed by atoms with Gasteiger partial charge in [0.2, 0.25) is 10.0 Å². The molecule has 2 aromatic carbocycles. The smallest absolute Gasteiger partial charge is 0.251 e. The van der Waals surface area contributed by atoms with Crippen molar-refractivity contribution in [2.75, 3.05) is 26.2 Å². The third kappa shape index (κ3) is 6.81. The number of piperidine rings is 1. The molecule has 0 atom stereocenters. The van der Waals surface area contributed by atoms with Crippen LogP contribution in [0.15, 0.2) is 48.5 Å². The van der Waals surface area contributed by atoms with Gasteiger partial charge in [0, 0.05) is 18.7 Å². The topological polar surface area (TPSA) is 75.7 Å². The molecule has 1 aliphatic rings. The second kappa shape index (κ2) is 10.5. The number of amides is 1. The third-order valence-corrected chi connectivity index (χ3v) is 7.50. The van der Waals surface area contributed by atoms with Crippen LogP contribution in [0.1, 0.15) is 61.5 Å². The summed E-state index contributed by atoms with van der Waals surface area (Å²) in [6.45, 7) is 8.45. The van der Waals surface area contributed by atoms with E-state index >= 15 is 0 Å².